The fourth-order valence-electron chi connectivity index (χ4n) is 3.82. The number of benzene rings is 2. The second-order valence-electron chi connectivity index (χ2n) is 7.54. The van der Waals surface area contributed by atoms with Crippen molar-refractivity contribution in [2.75, 3.05) is 23.3 Å². The second kappa shape index (κ2) is 8.22. The van der Waals surface area contributed by atoms with Gasteiger partial charge in [0, 0.05) is 31.3 Å². The SMILES string of the molecule is CCCN1C(=O)C(C)Oc2cc(NC(=O)CCN3C(=O)c4ccccc4C3=O)ccc21. The number of ether oxygens (including phenoxy) is 1. The van der Waals surface area contributed by atoms with E-state index >= 15 is 0 Å². The van der Waals surface area contributed by atoms with Gasteiger partial charge in [0.1, 0.15) is 5.75 Å². The molecule has 0 aliphatic carbocycles. The lowest BCUT2D eigenvalue weighted by Gasteiger charge is -2.33. The fraction of sp³-hybridized carbons (Fsp3) is 0.304. The zero-order chi connectivity index (χ0) is 22.1. The fourth-order valence-corrected chi connectivity index (χ4v) is 3.82. The molecule has 160 valence electrons. The Morgan fingerprint density at radius 3 is 2.32 bits per heavy atom. The average Bonchev–Trinajstić information content (AvgIpc) is 3.00. The highest BCUT2D eigenvalue weighted by Gasteiger charge is 2.35. The van der Waals surface area contributed by atoms with E-state index in [-0.39, 0.29) is 36.6 Å². The molecular formula is C23H23N3O5. The van der Waals surface area contributed by atoms with E-state index < -0.39 is 6.10 Å². The highest BCUT2D eigenvalue weighted by Crippen LogP contribution is 2.36. The highest BCUT2D eigenvalue weighted by molar-refractivity contribution is 6.21. The van der Waals surface area contributed by atoms with Gasteiger partial charge in [0.05, 0.1) is 16.8 Å². The van der Waals surface area contributed by atoms with Crippen LogP contribution in [0.1, 0.15) is 47.4 Å². The van der Waals surface area contributed by atoms with E-state index in [4.69, 9.17) is 4.74 Å². The standard InChI is InChI=1S/C23H23N3O5/c1-3-11-25-18-9-8-15(13-19(18)31-14(2)21(25)28)24-20(27)10-12-26-22(29)16-6-4-5-7-17(16)23(26)30/h4-9,13-14H,3,10-12H2,1-2H3,(H,24,27). The molecule has 8 nitrogen and oxygen atoms in total. The van der Waals surface area contributed by atoms with E-state index in [0.717, 1.165) is 11.3 Å². The predicted octanol–water partition coefficient (Wildman–Crippen LogP) is 2.84. The third-order valence-electron chi connectivity index (χ3n) is 5.34. The van der Waals surface area contributed by atoms with Gasteiger partial charge >= 0.3 is 0 Å². The molecule has 0 aromatic heterocycles. The number of carbonyl (C=O) groups excluding carboxylic acids is 4. The molecule has 8 heteroatoms. The normalized spacial score (nSPS) is 17.4. The van der Waals surface area contributed by atoms with Crippen molar-refractivity contribution in [3.63, 3.8) is 0 Å². The van der Waals surface area contributed by atoms with E-state index in [0.29, 0.717) is 34.8 Å². The van der Waals surface area contributed by atoms with Gasteiger partial charge in [0.25, 0.3) is 17.7 Å². The summed E-state index contributed by atoms with van der Waals surface area (Å²) in [6.45, 7) is 4.28. The van der Waals surface area contributed by atoms with Crippen molar-refractivity contribution < 1.29 is 23.9 Å². The lowest BCUT2D eigenvalue weighted by atomic mass is 10.1. The number of hydrogen-bond acceptors (Lipinski definition) is 5. The van der Waals surface area contributed by atoms with Crippen molar-refractivity contribution >= 4 is 35.0 Å². The minimum atomic E-state index is -0.598. The summed E-state index contributed by atoms with van der Waals surface area (Å²) in [4.78, 5) is 52.4. The zero-order valence-electron chi connectivity index (χ0n) is 17.4. The van der Waals surface area contributed by atoms with Gasteiger partial charge < -0.3 is 15.0 Å². The third kappa shape index (κ3) is 3.76. The molecule has 0 radical (unpaired) electrons. The first kappa shape index (κ1) is 20.6. The monoisotopic (exact) mass is 421 g/mol. The molecule has 4 rings (SSSR count). The molecule has 1 atom stereocenters. The molecule has 2 aliphatic heterocycles. The smallest absolute Gasteiger partial charge is 0.267 e. The Hall–Kier alpha value is -3.68. The summed E-state index contributed by atoms with van der Waals surface area (Å²) in [5.74, 6) is -0.664. The van der Waals surface area contributed by atoms with E-state index in [9.17, 15) is 19.2 Å². The van der Waals surface area contributed by atoms with Crippen molar-refractivity contribution in [2.24, 2.45) is 0 Å². The van der Waals surface area contributed by atoms with Crippen LogP contribution in [0.5, 0.6) is 5.75 Å². The number of nitrogens with one attached hydrogen (secondary N) is 1. The molecule has 31 heavy (non-hydrogen) atoms. The van der Waals surface area contributed by atoms with Crippen LogP contribution in [0.4, 0.5) is 11.4 Å². The van der Waals surface area contributed by atoms with Crippen molar-refractivity contribution in [1.82, 2.24) is 4.90 Å². The van der Waals surface area contributed by atoms with Gasteiger partial charge in [-0.05, 0) is 37.6 Å². The molecule has 0 bridgehead atoms. The van der Waals surface area contributed by atoms with Gasteiger partial charge in [0.15, 0.2) is 6.10 Å². The lowest BCUT2D eigenvalue weighted by Crippen LogP contribution is -2.44. The largest absolute Gasteiger partial charge is 0.479 e. The van der Waals surface area contributed by atoms with Gasteiger partial charge in [-0.25, -0.2) is 0 Å². The van der Waals surface area contributed by atoms with Gasteiger partial charge in [-0.15, -0.1) is 0 Å². The summed E-state index contributed by atoms with van der Waals surface area (Å²) in [5.41, 5.74) is 1.91. The van der Waals surface area contributed by atoms with Crippen LogP contribution < -0.4 is 15.0 Å². The molecular weight excluding hydrogens is 398 g/mol. The molecule has 1 unspecified atom stereocenters. The third-order valence-corrected chi connectivity index (χ3v) is 5.34. The summed E-state index contributed by atoms with van der Waals surface area (Å²) in [5, 5.41) is 2.77. The Morgan fingerprint density at radius 2 is 1.68 bits per heavy atom. The van der Waals surface area contributed by atoms with Crippen molar-refractivity contribution in [2.45, 2.75) is 32.8 Å². The Balaban J connectivity index is 1.41. The molecule has 0 saturated carbocycles. The minimum Gasteiger partial charge on any atom is -0.479 e. The van der Waals surface area contributed by atoms with E-state index in [1.54, 1.807) is 54.3 Å². The zero-order valence-corrected chi connectivity index (χ0v) is 17.4. The molecule has 0 fully saturated rings. The molecule has 1 N–H and O–H groups in total. The average molecular weight is 421 g/mol. The van der Waals surface area contributed by atoms with Crippen LogP contribution in [-0.2, 0) is 9.59 Å². The molecule has 4 amide bonds. The number of rotatable bonds is 6. The van der Waals surface area contributed by atoms with Crippen molar-refractivity contribution in [1.29, 1.82) is 0 Å². The lowest BCUT2D eigenvalue weighted by molar-refractivity contribution is -0.125. The number of carbonyl (C=O) groups is 4. The number of amides is 4. The van der Waals surface area contributed by atoms with Crippen LogP contribution in [0.25, 0.3) is 0 Å². The van der Waals surface area contributed by atoms with Crippen molar-refractivity contribution in [3.8, 4) is 5.75 Å². The van der Waals surface area contributed by atoms with Crippen LogP contribution in [-0.4, -0.2) is 47.7 Å². The maximum atomic E-state index is 12.4. The topological polar surface area (TPSA) is 96.0 Å². The van der Waals surface area contributed by atoms with Crippen LogP contribution in [0.2, 0.25) is 0 Å². The minimum absolute atomic E-state index is 0.00453. The van der Waals surface area contributed by atoms with Gasteiger partial charge in [-0.1, -0.05) is 19.1 Å². The van der Waals surface area contributed by atoms with Crippen LogP contribution in [0, 0.1) is 0 Å². The first-order valence-corrected chi connectivity index (χ1v) is 10.3. The molecule has 2 aliphatic rings. The number of fused-ring (bicyclic) bond motifs is 2. The summed E-state index contributed by atoms with van der Waals surface area (Å²) >= 11 is 0. The summed E-state index contributed by atoms with van der Waals surface area (Å²) in [6, 6.07) is 11.7. The number of hydrogen-bond donors (Lipinski definition) is 1. The van der Waals surface area contributed by atoms with Gasteiger partial charge in [-0.2, -0.15) is 0 Å². The predicted molar refractivity (Wildman–Crippen MR) is 114 cm³/mol. The van der Waals surface area contributed by atoms with E-state index in [1.165, 1.54) is 0 Å². The van der Waals surface area contributed by atoms with Crippen molar-refractivity contribution in [3.05, 3.63) is 53.6 Å². The first-order chi connectivity index (χ1) is 14.9. The summed E-state index contributed by atoms with van der Waals surface area (Å²) in [6.07, 6.45) is 0.188. The van der Waals surface area contributed by atoms with Gasteiger partial charge in [0.2, 0.25) is 5.91 Å². The Morgan fingerprint density at radius 1 is 1.00 bits per heavy atom. The molecule has 2 aromatic carbocycles. The maximum Gasteiger partial charge on any atom is 0.267 e. The van der Waals surface area contributed by atoms with Crippen LogP contribution in [0.15, 0.2) is 42.5 Å². The second-order valence-corrected chi connectivity index (χ2v) is 7.54. The van der Waals surface area contributed by atoms with E-state index in [2.05, 4.69) is 5.32 Å². The number of imide groups is 1. The Labute approximate surface area is 179 Å². The molecule has 0 saturated heterocycles. The maximum absolute atomic E-state index is 12.4. The quantitative estimate of drug-likeness (QED) is 0.724. The first-order valence-electron chi connectivity index (χ1n) is 10.3. The summed E-state index contributed by atoms with van der Waals surface area (Å²) in [7, 11) is 0. The molecule has 2 aromatic rings. The number of anilines is 2. The molecule has 2 heterocycles. The number of nitrogens with zero attached hydrogens (tertiary/aromatic N) is 2. The molecule has 0 spiro atoms. The summed E-state index contributed by atoms with van der Waals surface area (Å²) < 4.78 is 5.71. The Kier molecular flexibility index (Phi) is 5.46. The van der Waals surface area contributed by atoms with E-state index in [1.807, 2.05) is 6.92 Å². The highest BCUT2D eigenvalue weighted by atomic mass is 16.5. The van der Waals surface area contributed by atoms with Crippen LogP contribution >= 0.6 is 0 Å². The Bertz CT molecular complexity index is 1050. The van der Waals surface area contributed by atoms with Gasteiger partial charge in [-0.3, -0.25) is 24.1 Å². The van der Waals surface area contributed by atoms with Crippen LogP contribution in [0.3, 0.4) is 0 Å².